The molecule has 2 aliphatic heterocycles. The summed E-state index contributed by atoms with van der Waals surface area (Å²) < 4.78 is 25.9. The minimum atomic E-state index is -1.61. The second-order valence-electron chi connectivity index (χ2n) is 8.39. The predicted molar refractivity (Wildman–Crippen MR) is 117 cm³/mol. The lowest BCUT2D eigenvalue weighted by Crippen LogP contribution is -2.59. The molecule has 0 aromatic rings. The summed E-state index contributed by atoms with van der Waals surface area (Å²) >= 11 is 0. The molecule has 0 spiro atoms. The van der Waals surface area contributed by atoms with Crippen molar-refractivity contribution < 1.29 is 69.0 Å². The molecular formula is C22H34O14. The van der Waals surface area contributed by atoms with E-state index in [0.717, 1.165) is 0 Å². The van der Waals surface area contributed by atoms with Crippen molar-refractivity contribution in [1.82, 2.24) is 0 Å². The van der Waals surface area contributed by atoms with Crippen molar-refractivity contribution in [1.29, 1.82) is 0 Å². The summed E-state index contributed by atoms with van der Waals surface area (Å²) in [4.78, 5) is 24.1. The highest BCUT2D eigenvalue weighted by molar-refractivity contribution is 5.88. The van der Waals surface area contributed by atoms with Crippen LogP contribution in [0.1, 0.15) is 12.8 Å². The zero-order valence-corrected chi connectivity index (χ0v) is 19.5. The Labute approximate surface area is 206 Å². The van der Waals surface area contributed by atoms with Gasteiger partial charge in [-0.2, -0.15) is 0 Å². The van der Waals surface area contributed by atoms with E-state index in [-0.39, 0.29) is 43.8 Å². The van der Waals surface area contributed by atoms with Gasteiger partial charge >= 0.3 is 11.9 Å². The molecule has 9 unspecified atom stereocenters. The first-order valence-corrected chi connectivity index (χ1v) is 11.3. The van der Waals surface area contributed by atoms with Crippen LogP contribution >= 0.6 is 0 Å². The number of esters is 2. The van der Waals surface area contributed by atoms with Crippen LogP contribution in [0.2, 0.25) is 0 Å². The summed E-state index contributed by atoms with van der Waals surface area (Å²) in [6, 6.07) is 0. The van der Waals surface area contributed by atoms with E-state index in [9.17, 15) is 40.2 Å². The van der Waals surface area contributed by atoms with Gasteiger partial charge in [0.1, 0.15) is 49.3 Å². The van der Waals surface area contributed by atoms with E-state index in [4.69, 9.17) is 28.8 Å². The number of hydrogen-bond donors (Lipinski definition) is 7. The van der Waals surface area contributed by atoms with E-state index >= 15 is 0 Å². The van der Waals surface area contributed by atoms with Crippen molar-refractivity contribution in [3.05, 3.63) is 24.3 Å². The fourth-order valence-electron chi connectivity index (χ4n) is 3.43. The number of rotatable bonds is 12. The van der Waals surface area contributed by atoms with Gasteiger partial charge in [-0.05, 0) is 0 Å². The number of carbonyl (C=O) groups excluding carboxylic acids is 2. The minimum absolute atomic E-state index is 0.0189. The quantitative estimate of drug-likeness (QED) is 0.0967. The monoisotopic (exact) mass is 522 g/mol. The van der Waals surface area contributed by atoms with Gasteiger partial charge in [0.25, 0.3) is 0 Å². The number of hydrogen-bond acceptors (Lipinski definition) is 14. The predicted octanol–water partition coefficient (Wildman–Crippen LogP) is -3.74. The van der Waals surface area contributed by atoms with E-state index in [2.05, 4.69) is 13.2 Å². The molecule has 206 valence electrons. The standard InChI is InChI=1S/C22H34O14/c1-10(3-5-23)20(30)34-8-13-16(26)17(27)14(9-33-13)35-21(31)11(2)4-6-32-22-19(29)18(28)15(25)12(7-24)36-22/h12-19,22-29H,1-9H2. The zero-order chi connectivity index (χ0) is 27.0. The molecule has 0 aromatic heterocycles. The van der Waals surface area contributed by atoms with Crippen molar-refractivity contribution in [2.24, 2.45) is 0 Å². The molecule has 2 saturated heterocycles. The lowest BCUT2D eigenvalue weighted by Gasteiger charge is -2.39. The van der Waals surface area contributed by atoms with Crippen LogP contribution in [0.15, 0.2) is 24.3 Å². The summed E-state index contributed by atoms with van der Waals surface area (Å²) in [7, 11) is 0. The van der Waals surface area contributed by atoms with Crippen LogP contribution < -0.4 is 0 Å². The largest absolute Gasteiger partial charge is 0.459 e. The third kappa shape index (κ3) is 7.76. The average molecular weight is 523 g/mol. The maximum Gasteiger partial charge on any atom is 0.333 e. The van der Waals surface area contributed by atoms with E-state index in [1.165, 1.54) is 0 Å². The maximum atomic E-state index is 12.3. The summed E-state index contributed by atoms with van der Waals surface area (Å²) in [5, 5.41) is 68.0. The molecule has 0 bridgehead atoms. The Balaban J connectivity index is 1.76. The second-order valence-corrected chi connectivity index (χ2v) is 8.39. The van der Waals surface area contributed by atoms with Crippen molar-refractivity contribution in [2.45, 2.75) is 68.0 Å². The van der Waals surface area contributed by atoms with Crippen LogP contribution in [0.25, 0.3) is 0 Å². The van der Waals surface area contributed by atoms with Gasteiger partial charge in [0.05, 0.1) is 19.8 Å². The minimum Gasteiger partial charge on any atom is -0.459 e. The highest BCUT2D eigenvalue weighted by Gasteiger charge is 2.44. The van der Waals surface area contributed by atoms with Crippen molar-refractivity contribution in [3.8, 4) is 0 Å². The Morgan fingerprint density at radius 3 is 2.11 bits per heavy atom. The lowest BCUT2D eigenvalue weighted by atomic mass is 9.99. The highest BCUT2D eigenvalue weighted by atomic mass is 16.7. The van der Waals surface area contributed by atoms with Gasteiger partial charge in [-0.1, -0.05) is 13.2 Å². The summed E-state index contributed by atoms with van der Waals surface area (Å²) in [5.41, 5.74) is -0.0519. The molecule has 14 heteroatoms. The van der Waals surface area contributed by atoms with Crippen LogP contribution in [0.3, 0.4) is 0 Å². The zero-order valence-electron chi connectivity index (χ0n) is 19.5. The molecule has 2 heterocycles. The number of carbonyl (C=O) groups is 2. The maximum absolute atomic E-state index is 12.3. The average Bonchev–Trinajstić information content (AvgIpc) is 2.86. The normalized spacial score (nSPS) is 34.6. The van der Waals surface area contributed by atoms with Crippen molar-refractivity contribution in [2.75, 3.05) is 33.0 Å². The first-order valence-electron chi connectivity index (χ1n) is 11.3. The van der Waals surface area contributed by atoms with Gasteiger partial charge in [-0.15, -0.1) is 0 Å². The Morgan fingerprint density at radius 2 is 1.47 bits per heavy atom. The Kier molecular flexibility index (Phi) is 11.8. The van der Waals surface area contributed by atoms with Crippen LogP contribution in [-0.2, 0) is 33.3 Å². The van der Waals surface area contributed by atoms with E-state index < -0.39 is 80.3 Å². The molecule has 0 aliphatic carbocycles. The molecule has 2 aliphatic rings. The van der Waals surface area contributed by atoms with Crippen LogP contribution in [-0.4, -0.2) is 136 Å². The number of ether oxygens (including phenoxy) is 5. The SMILES string of the molecule is C=C(CCO)C(=O)OCC1OCC(OC(=O)C(=C)CCOC2OC(CO)C(O)C(O)C2O)C(O)C1O. The molecule has 7 N–H and O–H groups in total. The van der Waals surface area contributed by atoms with Gasteiger partial charge in [-0.3, -0.25) is 0 Å². The van der Waals surface area contributed by atoms with E-state index in [0.29, 0.717) is 0 Å². The van der Waals surface area contributed by atoms with Crippen molar-refractivity contribution in [3.63, 3.8) is 0 Å². The molecule has 36 heavy (non-hydrogen) atoms. The number of aliphatic hydroxyl groups is 7. The van der Waals surface area contributed by atoms with Crippen LogP contribution in [0.4, 0.5) is 0 Å². The summed E-state index contributed by atoms with van der Waals surface area (Å²) in [6.45, 7) is 5.20. The summed E-state index contributed by atoms with van der Waals surface area (Å²) in [6.07, 6.45) is -12.8. The molecule has 0 amide bonds. The molecule has 2 fully saturated rings. The Bertz CT molecular complexity index is 770. The molecular weight excluding hydrogens is 488 g/mol. The first-order chi connectivity index (χ1) is 17.0. The smallest absolute Gasteiger partial charge is 0.333 e. The van der Waals surface area contributed by atoms with Gasteiger partial charge in [0, 0.05) is 30.6 Å². The number of aliphatic hydroxyl groups excluding tert-OH is 7. The van der Waals surface area contributed by atoms with Crippen LogP contribution in [0.5, 0.6) is 0 Å². The molecule has 0 radical (unpaired) electrons. The van der Waals surface area contributed by atoms with Crippen molar-refractivity contribution >= 4 is 11.9 Å². The first kappa shape index (κ1) is 30.2. The second kappa shape index (κ2) is 14.1. The Hall–Kier alpha value is -1.98. The lowest BCUT2D eigenvalue weighted by molar-refractivity contribution is -0.300. The third-order valence-corrected chi connectivity index (χ3v) is 5.75. The van der Waals surface area contributed by atoms with Gasteiger partial charge in [0.15, 0.2) is 12.4 Å². The van der Waals surface area contributed by atoms with Gasteiger partial charge < -0.3 is 59.4 Å². The molecule has 9 atom stereocenters. The van der Waals surface area contributed by atoms with Gasteiger partial charge in [0.2, 0.25) is 0 Å². The van der Waals surface area contributed by atoms with Crippen LogP contribution in [0, 0.1) is 0 Å². The van der Waals surface area contributed by atoms with Gasteiger partial charge in [-0.25, -0.2) is 9.59 Å². The van der Waals surface area contributed by atoms with E-state index in [1.54, 1.807) is 0 Å². The fraction of sp³-hybridized carbons (Fsp3) is 0.727. The third-order valence-electron chi connectivity index (χ3n) is 5.75. The highest BCUT2D eigenvalue weighted by Crippen LogP contribution is 2.23. The molecule has 0 aromatic carbocycles. The topological polar surface area (TPSA) is 222 Å². The molecule has 2 rings (SSSR count). The fourth-order valence-corrected chi connectivity index (χ4v) is 3.43. The molecule has 14 nitrogen and oxygen atoms in total. The molecule has 0 saturated carbocycles. The summed E-state index contributed by atoms with van der Waals surface area (Å²) in [5.74, 6) is -1.71. The van der Waals surface area contributed by atoms with E-state index in [1.807, 2.05) is 0 Å². The Morgan fingerprint density at radius 1 is 0.833 bits per heavy atom.